The van der Waals surface area contributed by atoms with Crippen LogP contribution in [-0.2, 0) is 7.05 Å². The Hall–Kier alpha value is -1.58. The van der Waals surface area contributed by atoms with Crippen LogP contribution in [-0.4, -0.2) is 14.8 Å². The lowest BCUT2D eigenvalue weighted by atomic mass is 10.3. The number of nitrogens with two attached hydrogens (primary N) is 1. The predicted octanol–water partition coefficient (Wildman–Crippen LogP) is 0.859. The second-order valence-corrected chi connectivity index (χ2v) is 2.85. The molecule has 62 valence electrons. The van der Waals surface area contributed by atoms with Crippen LogP contribution in [0.25, 0.3) is 11.0 Å². The first-order chi connectivity index (χ1) is 5.68. The van der Waals surface area contributed by atoms with E-state index in [9.17, 15) is 0 Å². The van der Waals surface area contributed by atoms with Crippen LogP contribution in [0.4, 0.5) is 5.69 Å². The van der Waals surface area contributed by atoms with E-state index in [1.165, 1.54) is 0 Å². The van der Waals surface area contributed by atoms with Gasteiger partial charge in [0.1, 0.15) is 11.0 Å². The summed E-state index contributed by atoms with van der Waals surface area (Å²) in [4.78, 5) is 4.29. The lowest BCUT2D eigenvalue weighted by Gasteiger charge is -1.99. The van der Waals surface area contributed by atoms with Gasteiger partial charge >= 0.3 is 0 Å². The molecule has 0 aliphatic rings. The van der Waals surface area contributed by atoms with Crippen molar-refractivity contribution < 1.29 is 0 Å². The fraction of sp³-hybridized carbons (Fsp3) is 0.250. The molecule has 2 aromatic rings. The lowest BCUT2D eigenvalue weighted by molar-refractivity contribution is 0.798. The highest BCUT2D eigenvalue weighted by Gasteiger charge is 2.04. The Morgan fingerprint density at radius 1 is 1.50 bits per heavy atom. The van der Waals surface area contributed by atoms with Crippen LogP contribution >= 0.6 is 0 Å². The van der Waals surface area contributed by atoms with Gasteiger partial charge in [0.05, 0.1) is 11.9 Å². The maximum absolute atomic E-state index is 5.80. The minimum atomic E-state index is 0.734. The van der Waals surface area contributed by atoms with Crippen molar-refractivity contribution in [2.24, 2.45) is 7.05 Å². The summed E-state index contributed by atoms with van der Waals surface area (Å²) in [5.41, 5.74) is 9.22. The maximum atomic E-state index is 5.80. The summed E-state index contributed by atoms with van der Waals surface area (Å²) in [5, 5.41) is 4.07. The molecular formula is C8H10N4. The van der Waals surface area contributed by atoms with Crippen molar-refractivity contribution in [3.05, 3.63) is 18.0 Å². The van der Waals surface area contributed by atoms with Crippen molar-refractivity contribution in [3.8, 4) is 0 Å². The molecule has 0 radical (unpaired) electrons. The minimum absolute atomic E-state index is 0.734. The second kappa shape index (κ2) is 2.20. The number of fused-ring (bicyclic) bond motifs is 1. The predicted molar refractivity (Wildman–Crippen MR) is 47.7 cm³/mol. The molecule has 4 heteroatoms. The first kappa shape index (κ1) is 7.09. The zero-order valence-electron chi connectivity index (χ0n) is 7.07. The van der Waals surface area contributed by atoms with Crippen molar-refractivity contribution in [1.29, 1.82) is 0 Å². The largest absolute Gasteiger partial charge is 0.397 e. The molecule has 0 unspecified atom stereocenters. The van der Waals surface area contributed by atoms with E-state index >= 15 is 0 Å². The fourth-order valence-corrected chi connectivity index (χ4v) is 1.36. The lowest BCUT2D eigenvalue weighted by Crippen LogP contribution is -1.96. The van der Waals surface area contributed by atoms with Crippen LogP contribution in [0.5, 0.6) is 0 Å². The van der Waals surface area contributed by atoms with Gasteiger partial charge in [-0.1, -0.05) is 0 Å². The number of nitrogen functional groups attached to an aromatic ring is 1. The zero-order chi connectivity index (χ0) is 8.72. The van der Waals surface area contributed by atoms with Gasteiger partial charge in [-0.25, -0.2) is 4.98 Å². The third kappa shape index (κ3) is 0.845. The maximum Gasteiger partial charge on any atom is 0.111 e. The number of rotatable bonds is 0. The SMILES string of the molecule is Cc1cc(N)c2c(cnn2C)n1. The highest BCUT2D eigenvalue weighted by Crippen LogP contribution is 2.18. The van der Waals surface area contributed by atoms with Crippen molar-refractivity contribution >= 4 is 16.7 Å². The van der Waals surface area contributed by atoms with Gasteiger partial charge in [-0.15, -0.1) is 0 Å². The minimum Gasteiger partial charge on any atom is -0.397 e. The van der Waals surface area contributed by atoms with Gasteiger partial charge in [0, 0.05) is 12.7 Å². The first-order valence-electron chi connectivity index (χ1n) is 3.73. The zero-order valence-corrected chi connectivity index (χ0v) is 7.07. The Morgan fingerprint density at radius 2 is 2.25 bits per heavy atom. The topological polar surface area (TPSA) is 56.7 Å². The molecule has 12 heavy (non-hydrogen) atoms. The third-order valence-corrected chi connectivity index (χ3v) is 1.85. The van der Waals surface area contributed by atoms with E-state index in [-0.39, 0.29) is 0 Å². The number of anilines is 1. The molecule has 0 aliphatic heterocycles. The second-order valence-electron chi connectivity index (χ2n) is 2.85. The summed E-state index contributed by atoms with van der Waals surface area (Å²) in [6.45, 7) is 1.92. The molecule has 0 saturated carbocycles. The van der Waals surface area contributed by atoms with Crippen LogP contribution in [0.3, 0.4) is 0 Å². The van der Waals surface area contributed by atoms with Crippen molar-refractivity contribution in [2.45, 2.75) is 6.92 Å². The van der Waals surface area contributed by atoms with Gasteiger partial charge in [0.25, 0.3) is 0 Å². The molecule has 4 nitrogen and oxygen atoms in total. The Morgan fingerprint density at radius 3 is 3.00 bits per heavy atom. The molecule has 2 rings (SSSR count). The summed E-state index contributed by atoms with van der Waals surface area (Å²) in [6.07, 6.45) is 1.72. The number of hydrogen-bond donors (Lipinski definition) is 1. The van der Waals surface area contributed by atoms with Gasteiger partial charge in [-0.3, -0.25) is 4.68 Å². The Kier molecular flexibility index (Phi) is 1.30. The molecule has 0 amide bonds. The molecule has 0 bridgehead atoms. The fourth-order valence-electron chi connectivity index (χ4n) is 1.36. The molecule has 0 saturated heterocycles. The summed E-state index contributed by atoms with van der Waals surface area (Å²) >= 11 is 0. The molecule has 2 aromatic heterocycles. The van der Waals surface area contributed by atoms with Crippen LogP contribution in [0.1, 0.15) is 5.69 Å². The van der Waals surface area contributed by atoms with E-state index in [4.69, 9.17) is 5.73 Å². The molecular weight excluding hydrogens is 152 g/mol. The monoisotopic (exact) mass is 162 g/mol. The van der Waals surface area contributed by atoms with E-state index in [1.807, 2.05) is 20.0 Å². The Balaban J connectivity index is 2.93. The van der Waals surface area contributed by atoms with E-state index < -0.39 is 0 Å². The van der Waals surface area contributed by atoms with Crippen LogP contribution in [0.2, 0.25) is 0 Å². The van der Waals surface area contributed by atoms with Gasteiger partial charge in [0.2, 0.25) is 0 Å². The standard InChI is InChI=1S/C8H10N4/c1-5-3-6(9)8-7(11-5)4-10-12(8)2/h3-4H,1-2H3,(H2,9,11). The molecule has 0 spiro atoms. The van der Waals surface area contributed by atoms with Gasteiger partial charge in [0.15, 0.2) is 0 Å². The smallest absolute Gasteiger partial charge is 0.111 e. The highest BCUT2D eigenvalue weighted by atomic mass is 15.3. The number of pyridine rings is 1. The number of aryl methyl sites for hydroxylation is 2. The van der Waals surface area contributed by atoms with Crippen molar-refractivity contribution in [3.63, 3.8) is 0 Å². The summed E-state index contributed by atoms with van der Waals surface area (Å²) in [7, 11) is 1.86. The molecule has 0 atom stereocenters. The normalized spacial score (nSPS) is 10.8. The molecule has 0 fully saturated rings. The summed E-state index contributed by atoms with van der Waals surface area (Å²) < 4.78 is 1.73. The highest BCUT2D eigenvalue weighted by molar-refractivity contribution is 5.86. The quantitative estimate of drug-likeness (QED) is 0.625. The van der Waals surface area contributed by atoms with E-state index in [1.54, 1.807) is 10.9 Å². The van der Waals surface area contributed by atoms with Gasteiger partial charge in [-0.05, 0) is 13.0 Å². The van der Waals surface area contributed by atoms with Crippen LogP contribution in [0, 0.1) is 6.92 Å². The molecule has 2 N–H and O–H groups in total. The third-order valence-electron chi connectivity index (χ3n) is 1.85. The van der Waals surface area contributed by atoms with E-state index in [0.29, 0.717) is 0 Å². The Labute approximate surface area is 70.0 Å². The first-order valence-corrected chi connectivity index (χ1v) is 3.73. The van der Waals surface area contributed by atoms with E-state index in [2.05, 4.69) is 10.1 Å². The Bertz CT molecular complexity index is 430. The van der Waals surface area contributed by atoms with Crippen LogP contribution < -0.4 is 5.73 Å². The average molecular weight is 162 g/mol. The average Bonchev–Trinajstić information content (AvgIpc) is 2.31. The van der Waals surface area contributed by atoms with Crippen molar-refractivity contribution in [1.82, 2.24) is 14.8 Å². The summed E-state index contributed by atoms with van der Waals surface area (Å²) in [5.74, 6) is 0. The van der Waals surface area contributed by atoms with E-state index in [0.717, 1.165) is 22.4 Å². The molecule has 2 heterocycles. The van der Waals surface area contributed by atoms with Gasteiger partial charge in [-0.2, -0.15) is 5.10 Å². The van der Waals surface area contributed by atoms with Gasteiger partial charge < -0.3 is 5.73 Å². The van der Waals surface area contributed by atoms with Crippen LogP contribution in [0.15, 0.2) is 12.3 Å². The molecule has 0 aliphatic carbocycles. The van der Waals surface area contributed by atoms with Crippen molar-refractivity contribution in [2.75, 3.05) is 5.73 Å². The number of nitrogens with zero attached hydrogens (tertiary/aromatic N) is 3. The molecule has 0 aromatic carbocycles. The summed E-state index contributed by atoms with van der Waals surface area (Å²) in [6, 6.07) is 1.85. The number of aromatic nitrogens is 3. The number of hydrogen-bond acceptors (Lipinski definition) is 3.